The summed E-state index contributed by atoms with van der Waals surface area (Å²) < 4.78 is 1.92. The summed E-state index contributed by atoms with van der Waals surface area (Å²) in [7, 11) is 0. The van der Waals surface area contributed by atoms with Gasteiger partial charge in [-0.15, -0.1) is 0 Å². The number of rotatable bonds is 4. The highest BCUT2D eigenvalue weighted by Crippen LogP contribution is 2.39. The van der Waals surface area contributed by atoms with E-state index in [4.69, 9.17) is 0 Å². The molecule has 0 spiro atoms. The molecule has 1 N–H and O–H groups in total. The second kappa shape index (κ2) is 6.25. The maximum Gasteiger partial charge on any atom is 0.226 e. The third-order valence-corrected chi connectivity index (χ3v) is 4.59. The summed E-state index contributed by atoms with van der Waals surface area (Å²) >= 11 is 0. The molecule has 1 amide bonds. The Morgan fingerprint density at radius 3 is 2.78 bits per heavy atom. The normalized spacial score (nSPS) is 16.8. The van der Waals surface area contributed by atoms with Crippen LogP contribution in [0.15, 0.2) is 30.5 Å². The number of aromatic nitrogens is 2. The summed E-state index contributed by atoms with van der Waals surface area (Å²) in [6, 6.07) is 9.99. The van der Waals surface area contributed by atoms with Crippen molar-refractivity contribution in [2.45, 2.75) is 45.1 Å². The van der Waals surface area contributed by atoms with Crippen molar-refractivity contribution in [1.82, 2.24) is 9.78 Å². The van der Waals surface area contributed by atoms with Gasteiger partial charge < -0.3 is 5.32 Å². The fourth-order valence-corrected chi connectivity index (χ4v) is 3.33. The number of hydrogen-bond acceptors (Lipinski definition) is 3. The van der Waals surface area contributed by atoms with E-state index in [9.17, 15) is 10.1 Å². The third-order valence-electron chi connectivity index (χ3n) is 4.59. The molecule has 0 saturated heterocycles. The quantitative estimate of drug-likeness (QED) is 0.938. The molecule has 0 saturated carbocycles. The Kier molecular flexibility index (Phi) is 4.16. The lowest BCUT2D eigenvalue weighted by molar-refractivity contribution is -0.116. The number of nitrogens with zero attached hydrogens (tertiary/aromatic N) is 3. The van der Waals surface area contributed by atoms with Gasteiger partial charge in [-0.25, -0.2) is 4.68 Å². The largest absolute Gasteiger partial charge is 0.311 e. The van der Waals surface area contributed by atoms with Crippen LogP contribution in [0.2, 0.25) is 0 Å². The number of hydrogen-bond donors (Lipinski definition) is 1. The van der Waals surface area contributed by atoms with Gasteiger partial charge in [-0.2, -0.15) is 10.4 Å². The molecular formula is C18H20N4O. The maximum atomic E-state index is 12.2. The van der Waals surface area contributed by atoms with Crippen LogP contribution >= 0.6 is 0 Å². The standard InChI is InChI=1S/C18H20N4O/c1-3-13(4-2)22-18-16(11-20-22)15(9-17(23)21-18)14-8-6-5-7-12(14)10-19/h5-8,11,13,15H,3-4,9H2,1-2H3,(H,21,23)/t15-/m0/s1. The molecule has 0 unspecified atom stereocenters. The predicted octanol–water partition coefficient (Wildman–Crippen LogP) is 3.59. The van der Waals surface area contributed by atoms with Gasteiger partial charge in [-0.05, 0) is 24.5 Å². The van der Waals surface area contributed by atoms with E-state index < -0.39 is 0 Å². The van der Waals surface area contributed by atoms with Crippen molar-refractivity contribution in [2.75, 3.05) is 5.32 Å². The first-order chi connectivity index (χ1) is 11.2. The van der Waals surface area contributed by atoms with Crippen LogP contribution < -0.4 is 5.32 Å². The number of anilines is 1. The first-order valence-corrected chi connectivity index (χ1v) is 8.05. The number of nitriles is 1. The summed E-state index contributed by atoms with van der Waals surface area (Å²) in [5, 5.41) is 16.9. The van der Waals surface area contributed by atoms with E-state index >= 15 is 0 Å². The summed E-state index contributed by atoms with van der Waals surface area (Å²) in [6.07, 6.45) is 4.10. The summed E-state index contributed by atoms with van der Waals surface area (Å²) in [6.45, 7) is 4.24. The maximum absolute atomic E-state index is 12.2. The van der Waals surface area contributed by atoms with Crippen LogP contribution in [-0.4, -0.2) is 15.7 Å². The van der Waals surface area contributed by atoms with Crippen LogP contribution in [0.4, 0.5) is 5.82 Å². The number of amides is 1. The van der Waals surface area contributed by atoms with Gasteiger partial charge in [0.15, 0.2) is 0 Å². The van der Waals surface area contributed by atoms with E-state index in [1.807, 2.05) is 29.1 Å². The fourth-order valence-electron chi connectivity index (χ4n) is 3.33. The lowest BCUT2D eigenvalue weighted by Gasteiger charge is -2.26. The highest BCUT2D eigenvalue weighted by atomic mass is 16.1. The molecule has 2 aromatic rings. The Morgan fingerprint density at radius 2 is 2.09 bits per heavy atom. The average Bonchev–Trinajstić information content (AvgIpc) is 2.99. The van der Waals surface area contributed by atoms with Crippen molar-refractivity contribution in [3.63, 3.8) is 0 Å². The van der Waals surface area contributed by atoms with Gasteiger partial charge in [-0.3, -0.25) is 4.79 Å². The van der Waals surface area contributed by atoms with Crippen LogP contribution in [-0.2, 0) is 4.79 Å². The van der Waals surface area contributed by atoms with Gasteiger partial charge >= 0.3 is 0 Å². The van der Waals surface area contributed by atoms with Gasteiger partial charge in [0.1, 0.15) is 5.82 Å². The topological polar surface area (TPSA) is 70.7 Å². The number of nitrogens with one attached hydrogen (secondary N) is 1. The first kappa shape index (κ1) is 15.3. The molecule has 1 aromatic carbocycles. The monoisotopic (exact) mass is 308 g/mol. The van der Waals surface area contributed by atoms with Crippen molar-refractivity contribution in [2.24, 2.45) is 0 Å². The minimum absolute atomic E-state index is 0.0250. The predicted molar refractivity (Wildman–Crippen MR) is 88.1 cm³/mol. The molecule has 1 aromatic heterocycles. The van der Waals surface area contributed by atoms with Crippen LogP contribution in [0.5, 0.6) is 0 Å². The summed E-state index contributed by atoms with van der Waals surface area (Å²) in [5.74, 6) is 0.647. The Bertz CT molecular complexity index is 768. The van der Waals surface area contributed by atoms with Crippen molar-refractivity contribution in [1.29, 1.82) is 5.26 Å². The molecule has 118 valence electrons. The van der Waals surface area contributed by atoms with E-state index in [1.165, 1.54) is 0 Å². The van der Waals surface area contributed by atoms with Crippen molar-refractivity contribution >= 4 is 11.7 Å². The third kappa shape index (κ3) is 2.61. The van der Waals surface area contributed by atoms with Crippen LogP contribution in [0.1, 0.15) is 61.8 Å². The summed E-state index contributed by atoms with van der Waals surface area (Å²) in [4.78, 5) is 12.2. The zero-order valence-electron chi connectivity index (χ0n) is 13.4. The molecule has 5 heteroatoms. The minimum atomic E-state index is -0.113. The van der Waals surface area contributed by atoms with E-state index in [0.717, 1.165) is 29.8 Å². The highest BCUT2D eigenvalue weighted by Gasteiger charge is 2.32. The molecule has 0 radical (unpaired) electrons. The molecule has 1 atom stereocenters. The molecule has 3 rings (SSSR count). The molecule has 5 nitrogen and oxygen atoms in total. The van der Waals surface area contributed by atoms with E-state index in [-0.39, 0.29) is 17.9 Å². The lowest BCUT2D eigenvalue weighted by Crippen LogP contribution is -2.26. The average molecular weight is 308 g/mol. The Morgan fingerprint density at radius 1 is 1.35 bits per heavy atom. The first-order valence-electron chi connectivity index (χ1n) is 8.05. The zero-order valence-corrected chi connectivity index (χ0v) is 13.4. The SMILES string of the molecule is CCC(CC)n1ncc2c1NC(=O)C[C@H]2c1ccccc1C#N. The Labute approximate surface area is 135 Å². The smallest absolute Gasteiger partial charge is 0.226 e. The number of benzene rings is 1. The van der Waals surface area contributed by atoms with Gasteiger partial charge in [0.05, 0.1) is 23.9 Å². The van der Waals surface area contributed by atoms with E-state index in [0.29, 0.717) is 12.0 Å². The highest BCUT2D eigenvalue weighted by molar-refractivity contribution is 5.94. The van der Waals surface area contributed by atoms with Gasteiger partial charge in [0.25, 0.3) is 0 Å². The van der Waals surface area contributed by atoms with Crippen LogP contribution in [0.3, 0.4) is 0 Å². The molecule has 2 heterocycles. The van der Waals surface area contributed by atoms with Gasteiger partial charge in [0, 0.05) is 17.9 Å². The molecular weight excluding hydrogens is 288 g/mol. The second-order valence-corrected chi connectivity index (χ2v) is 5.87. The second-order valence-electron chi connectivity index (χ2n) is 5.87. The Hall–Kier alpha value is -2.61. The zero-order chi connectivity index (χ0) is 16.4. The molecule has 1 aliphatic heterocycles. The Balaban J connectivity index is 2.10. The van der Waals surface area contributed by atoms with E-state index in [2.05, 4.69) is 30.3 Å². The lowest BCUT2D eigenvalue weighted by atomic mass is 9.85. The van der Waals surface area contributed by atoms with Crippen LogP contribution in [0.25, 0.3) is 0 Å². The molecule has 0 bridgehead atoms. The van der Waals surface area contributed by atoms with Crippen LogP contribution in [0, 0.1) is 11.3 Å². The summed E-state index contributed by atoms with van der Waals surface area (Å²) in [5.41, 5.74) is 2.52. The van der Waals surface area contributed by atoms with Crippen molar-refractivity contribution < 1.29 is 4.79 Å². The molecule has 0 fully saturated rings. The van der Waals surface area contributed by atoms with Gasteiger partial charge in [-0.1, -0.05) is 32.0 Å². The molecule has 23 heavy (non-hydrogen) atoms. The van der Waals surface area contributed by atoms with Crippen molar-refractivity contribution in [3.8, 4) is 6.07 Å². The number of carbonyl (C=O) groups is 1. The fraction of sp³-hybridized carbons (Fsp3) is 0.389. The van der Waals surface area contributed by atoms with Crippen molar-refractivity contribution in [3.05, 3.63) is 47.2 Å². The van der Waals surface area contributed by atoms with Gasteiger partial charge in [0.2, 0.25) is 5.91 Å². The number of carbonyl (C=O) groups excluding carboxylic acids is 1. The molecule has 0 aliphatic carbocycles. The van der Waals surface area contributed by atoms with E-state index in [1.54, 1.807) is 6.07 Å². The number of fused-ring (bicyclic) bond motifs is 1. The minimum Gasteiger partial charge on any atom is -0.311 e. The molecule has 1 aliphatic rings.